The molecule has 0 amide bonds. The quantitative estimate of drug-likeness (QED) is 0.284. The molecule has 8 heteroatoms. The van der Waals surface area contributed by atoms with E-state index in [2.05, 4.69) is 20.5 Å². The molecule has 31 heavy (non-hydrogen) atoms. The van der Waals surface area contributed by atoms with Crippen molar-refractivity contribution < 1.29 is 9.47 Å². The van der Waals surface area contributed by atoms with Crippen molar-refractivity contribution in [2.24, 2.45) is 5.10 Å². The predicted molar refractivity (Wildman–Crippen MR) is 126 cm³/mol. The van der Waals surface area contributed by atoms with Gasteiger partial charge < -0.3 is 9.47 Å². The number of benzene rings is 3. The van der Waals surface area contributed by atoms with Gasteiger partial charge in [-0.1, -0.05) is 35.3 Å². The summed E-state index contributed by atoms with van der Waals surface area (Å²) in [6.45, 7) is 0. The van der Waals surface area contributed by atoms with E-state index < -0.39 is 0 Å². The van der Waals surface area contributed by atoms with Crippen LogP contribution < -0.4 is 14.9 Å². The number of ether oxygens (including phenoxy) is 2. The lowest BCUT2D eigenvalue weighted by Gasteiger charge is -2.10. The zero-order valence-corrected chi connectivity index (χ0v) is 18.3. The van der Waals surface area contributed by atoms with Crippen LogP contribution in [0.3, 0.4) is 0 Å². The van der Waals surface area contributed by atoms with Crippen LogP contribution >= 0.6 is 23.2 Å². The first kappa shape index (κ1) is 20.9. The molecule has 1 N–H and O–H groups in total. The number of methoxy groups -OCH3 is 2. The summed E-state index contributed by atoms with van der Waals surface area (Å²) < 4.78 is 10.6. The zero-order valence-electron chi connectivity index (χ0n) is 16.8. The van der Waals surface area contributed by atoms with Crippen LogP contribution in [-0.4, -0.2) is 30.4 Å². The Balaban J connectivity index is 1.71. The lowest BCUT2D eigenvalue weighted by atomic mass is 10.2. The SMILES string of the molecule is COc1ccc(/C=N\Nc2nc(-c3ccc(Cl)cc3Cl)nc3ccccc23)c(OC)c1. The van der Waals surface area contributed by atoms with Crippen LogP contribution in [0.5, 0.6) is 11.5 Å². The molecule has 0 bridgehead atoms. The summed E-state index contributed by atoms with van der Waals surface area (Å²) in [5, 5.41) is 6.21. The molecular formula is C23H18Cl2N4O2. The molecule has 0 radical (unpaired) electrons. The second-order valence-electron chi connectivity index (χ2n) is 6.52. The Hall–Kier alpha value is -3.35. The molecule has 6 nitrogen and oxygen atoms in total. The van der Waals surface area contributed by atoms with Gasteiger partial charge in [-0.2, -0.15) is 5.10 Å². The Bertz CT molecular complexity index is 1280. The van der Waals surface area contributed by atoms with Gasteiger partial charge in [0.2, 0.25) is 0 Å². The van der Waals surface area contributed by atoms with Crippen molar-refractivity contribution in [1.82, 2.24) is 9.97 Å². The summed E-state index contributed by atoms with van der Waals surface area (Å²) in [6, 6.07) is 18.4. The molecule has 0 aliphatic heterocycles. The third-order valence-electron chi connectivity index (χ3n) is 4.59. The van der Waals surface area contributed by atoms with Crippen LogP contribution in [-0.2, 0) is 0 Å². The summed E-state index contributed by atoms with van der Waals surface area (Å²) in [5.41, 5.74) is 5.25. The molecule has 4 aromatic rings. The van der Waals surface area contributed by atoms with Gasteiger partial charge in [-0.05, 0) is 42.5 Å². The van der Waals surface area contributed by atoms with E-state index in [1.807, 2.05) is 36.4 Å². The maximum Gasteiger partial charge on any atom is 0.163 e. The van der Waals surface area contributed by atoms with Crippen molar-refractivity contribution in [1.29, 1.82) is 0 Å². The molecule has 0 atom stereocenters. The van der Waals surface area contributed by atoms with Crippen LogP contribution in [0.4, 0.5) is 5.82 Å². The summed E-state index contributed by atoms with van der Waals surface area (Å²) in [7, 11) is 3.20. The molecule has 4 rings (SSSR count). The van der Waals surface area contributed by atoms with Gasteiger partial charge in [0.15, 0.2) is 11.6 Å². The normalized spacial score (nSPS) is 11.1. The zero-order chi connectivity index (χ0) is 21.8. The first-order valence-corrected chi connectivity index (χ1v) is 10.1. The fourth-order valence-electron chi connectivity index (χ4n) is 3.04. The number of para-hydroxylation sites is 1. The summed E-state index contributed by atoms with van der Waals surface area (Å²) in [5.74, 6) is 2.37. The van der Waals surface area contributed by atoms with Crippen LogP contribution in [0.25, 0.3) is 22.3 Å². The summed E-state index contributed by atoms with van der Waals surface area (Å²) in [6.07, 6.45) is 1.66. The summed E-state index contributed by atoms with van der Waals surface area (Å²) >= 11 is 12.4. The lowest BCUT2D eigenvalue weighted by molar-refractivity contribution is 0.394. The Morgan fingerprint density at radius 1 is 0.935 bits per heavy atom. The maximum atomic E-state index is 6.37. The molecule has 0 saturated heterocycles. The molecule has 0 aliphatic carbocycles. The fraction of sp³-hybridized carbons (Fsp3) is 0.0870. The molecule has 0 saturated carbocycles. The molecule has 1 heterocycles. The van der Waals surface area contributed by atoms with Crippen LogP contribution in [0, 0.1) is 0 Å². The number of fused-ring (bicyclic) bond motifs is 1. The number of anilines is 1. The van der Waals surface area contributed by atoms with Crippen LogP contribution in [0.1, 0.15) is 5.56 Å². The van der Waals surface area contributed by atoms with Gasteiger partial charge in [0, 0.05) is 27.6 Å². The van der Waals surface area contributed by atoms with Gasteiger partial charge in [-0.3, -0.25) is 5.43 Å². The largest absolute Gasteiger partial charge is 0.497 e. The van der Waals surface area contributed by atoms with Crippen molar-refractivity contribution in [3.63, 3.8) is 0 Å². The van der Waals surface area contributed by atoms with Crippen molar-refractivity contribution in [3.8, 4) is 22.9 Å². The van der Waals surface area contributed by atoms with E-state index in [1.165, 1.54) is 0 Å². The third kappa shape index (κ3) is 4.55. The minimum atomic E-state index is 0.472. The van der Waals surface area contributed by atoms with Crippen molar-refractivity contribution >= 4 is 46.1 Å². The molecule has 3 aromatic carbocycles. The monoisotopic (exact) mass is 452 g/mol. The number of rotatable bonds is 6. The number of hydrogen-bond donors (Lipinski definition) is 1. The Morgan fingerprint density at radius 2 is 1.77 bits per heavy atom. The number of nitrogens with one attached hydrogen (secondary N) is 1. The van der Waals surface area contributed by atoms with E-state index in [0.29, 0.717) is 38.8 Å². The van der Waals surface area contributed by atoms with Crippen LogP contribution in [0.2, 0.25) is 10.0 Å². The number of nitrogens with zero attached hydrogens (tertiary/aromatic N) is 3. The van der Waals surface area contributed by atoms with E-state index in [1.54, 1.807) is 44.7 Å². The molecule has 0 spiro atoms. The average Bonchev–Trinajstić information content (AvgIpc) is 2.79. The Kier molecular flexibility index (Phi) is 6.21. The Labute approximate surface area is 189 Å². The van der Waals surface area contributed by atoms with Gasteiger partial charge in [0.05, 0.1) is 31.0 Å². The fourth-order valence-corrected chi connectivity index (χ4v) is 3.53. The second kappa shape index (κ2) is 9.20. The predicted octanol–water partition coefficient (Wildman–Crippen LogP) is 6.07. The molecule has 0 fully saturated rings. The highest BCUT2D eigenvalue weighted by atomic mass is 35.5. The molecule has 1 aromatic heterocycles. The molecule has 0 unspecified atom stereocenters. The minimum Gasteiger partial charge on any atom is -0.497 e. The Morgan fingerprint density at radius 3 is 2.55 bits per heavy atom. The molecule has 156 valence electrons. The van der Waals surface area contributed by atoms with Gasteiger partial charge >= 0.3 is 0 Å². The third-order valence-corrected chi connectivity index (χ3v) is 5.14. The average molecular weight is 453 g/mol. The highest BCUT2D eigenvalue weighted by molar-refractivity contribution is 6.36. The molecule has 0 aliphatic rings. The lowest BCUT2D eigenvalue weighted by Crippen LogP contribution is -2.00. The smallest absolute Gasteiger partial charge is 0.163 e. The van der Waals surface area contributed by atoms with Gasteiger partial charge in [0.25, 0.3) is 0 Å². The standard InChI is InChI=1S/C23H18Cl2N4O2/c1-30-16-9-7-14(21(12-16)31-2)13-26-29-23-18-5-3-4-6-20(18)27-22(28-23)17-10-8-15(24)11-19(17)25/h3-13H,1-2H3,(H,27,28,29)/b26-13-. The number of aromatic nitrogens is 2. The van der Waals surface area contributed by atoms with Gasteiger partial charge in [0.1, 0.15) is 11.5 Å². The maximum absolute atomic E-state index is 6.37. The molecular weight excluding hydrogens is 435 g/mol. The summed E-state index contributed by atoms with van der Waals surface area (Å²) in [4.78, 5) is 9.29. The number of hydrogen-bond acceptors (Lipinski definition) is 6. The highest BCUT2D eigenvalue weighted by Crippen LogP contribution is 2.31. The van der Waals surface area contributed by atoms with E-state index in [4.69, 9.17) is 32.7 Å². The van der Waals surface area contributed by atoms with E-state index in [0.717, 1.165) is 16.5 Å². The topological polar surface area (TPSA) is 68.6 Å². The van der Waals surface area contributed by atoms with E-state index in [9.17, 15) is 0 Å². The van der Waals surface area contributed by atoms with Crippen molar-refractivity contribution in [3.05, 3.63) is 76.3 Å². The first-order valence-electron chi connectivity index (χ1n) is 9.32. The number of halogens is 2. The first-order chi connectivity index (χ1) is 15.1. The highest BCUT2D eigenvalue weighted by Gasteiger charge is 2.12. The van der Waals surface area contributed by atoms with E-state index >= 15 is 0 Å². The van der Waals surface area contributed by atoms with Crippen molar-refractivity contribution in [2.45, 2.75) is 0 Å². The van der Waals surface area contributed by atoms with Gasteiger partial charge in [-0.25, -0.2) is 9.97 Å². The second-order valence-corrected chi connectivity index (χ2v) is 7.36. The van der Waals surface area contributed by atoms with E-state index in [-0.39, 0.29) is 0 Å². The van der Waals surface area contributed by atoms with Crippen LogP contribution in [0.15, 0.2) is 65.8 Å². The van der Waals surface area contributed by atoms with Gasteiger partial charge in [-0.15, -0.1) is 0 Å². The minimum absolute atomic E-state index is 0.472. The van der Waals surface area contributed by atoms with Crippen molar-refractivity contribution in [2.75, 3.05) is 19.6 Å². The number of hydrazone groups is 1.